The molecule has 1 aromatic carbocycles. The molecule has 18 heavy (non-hydrogen) atoms. The van der Waals surface area contributed by atoms with Crippen molar-refractivity contribution >= 4 is 22.2 Å². The molecule has 0 saturated carbocycles. The molecule has 2 heterocycles. The Hall–Kier alpha value is -1.65. The van der Waals surface area contributed by atoms with Crippen LogP contribution in [-0.4, -0.2) is 9.97 Å². The minimum absolute atomic E-state index is 0.881. The van der Waals surface area contributed by atoms with Gasteiger partial charge in [-0.1, -0.05) is 12.1 Å². The predicted molar refractivity (Wildman–Crippen MR) is 75.7 cm³/mol. The van der Waals surface area contributed by atoms with Crippen molar-refractivity contribution in [3.63, 3.8) is 0 Å². The van der Waals surface area contributed by atoms with Crippen LogP contribution in [0.3, 0.4) is 0 Å². The van der Waals surface area contributed by atoms with Gasteiger partial charge in [0.05, 0.1) is 5.01 Å². The summed E-state index contributed by atoms with van der Waals surface area (Å²) in [7, 11) is 0. The Balaban J connectivity index is 1.68. The predicted octanol–water partition coefficient (Wildman–Crippen LogP) is 3.22. The van der Waals surface area contributed by atoms with E-state index in [0.717, 1.165) is 18.1 Å². The highest BCUT2D eigenvalue weighted by Crippen LogP contribution is 2.17. The van der Waals surface area contributed by atoms with Gasteiger partial charge in [-0.3, -0.25) is 0 Å². The van der Waals surface area contributed by atoms with Crippen LogP contribution < -0.4 is 5.32 Å². The molecule has 3 aromatic rings. The molecule has 0 radical (unpaired) electrons. The highest BCUT2D eigenvalue weighted by Gasteiger charge is 2.02. The zero-order valence-corrected chi connectivity index (χ0v) is 11.1. The lowest BCUT2D eigenvalue weighted by molar-refractivity contribution is 0.703. The highest BCUT2D eigenvalue weighted by atomic mass is 32.1. The molecule has 0 bridgehead atoms. The van der Waals surface area contributed by atoms with Crippen LogP contribution >= 0.6 is 11.3 Å². The number of aromatic amines is 1. The number of thiazole rings is 1. The number of hydrogen-bond acceptors (Lipinski definition) is 3. The molecule has 0 aliphatic rings. The summed E-state index contributed by atoms with van der Waals surface area (Å²) in [6, 6.07) is 8.49. The van der Waals surface area contributed by atoms with Gasteiger partial charge >= 0.3 is 0 Å². The van der Waals surface area contributed by atoms with E-state index in [1.807, 2.05) is 19.3 Å². The van der Waals surface area contributed by atoms with E-state index in [0.29, 0.717) is 0 Å². The molecule has 0 fully saturated rings. The normalized spacial score (nSPS) is 11.2. The third-order valence-corrected chi connectivity index (χ3v) is 3.88. The molecule has 2 aromatic heterocycles. The Morgan fingerprint density at radius 1 is 1.28 bits per heavy atom. The maximum Gasteiger partial charge on any atom is 0.0897 e. The highest BCUT2D eigenvalue weighted by molar-refractivity contribution is 7.11. The molecule has 92 valence electrons. The topological polar surface area (TPSA) is 40.7 Å². The average molecular weight is 257 g/mol. The molecular weight excluding hydrogens is 242 g/mol. The van der Waals surface area contributed by atoms with Crippen molar-refractivity contribution in [3.05, 3.63) is 52.1 Å². The van der Waals surface area contributed by atoms with E-state index < -0.39 is 0 Å². The zero-order chi connectivity index (χ0) is 12.4. The lowest BCUT2D eigenvalue weighted by atomic mass is 10.1. The Kier molecular flexibility index (Phi) is 3.13. The van der Waals surface area contributed by atoms with E-state index in [4.69, 9.17) is 0 Å². The van der Waals surface area contributed by atoms with Crippen LogP contribution in [0.2, 0.25) is 0 Å². The van der Waals surface area contributed by atoms with Crippen molar-refractivity contribution in [1.29, 1.82) is 0 Å². The zero-order valence-electron chi connectivity index (χ0n) is 10.2. The van der Waals surface area contributed by atoms with Gasteiger partial charge in [0, 0.05) is 41.3 Å². The summed E-state index contributed by atoms with van der Waals surface area (Å²) in [5.74, 6) is 0. The number of aromatic nitrogens is 2. The third-order valence-electron chi connectivity index (χ3n) is 2.97. The van der Waals surface area contributed by atoms with E-state index >= 15 is 0 Å². The number of benzene rings is 1. The summed E-state index contributed by atoms with van der Waals surface area (Å²) in [6.45, 7) is 3.80. The Labute approximate surface area is 110 Å². The van der Waals surface area contributed by atoms with E-state index in [-0.39, 0.29) is 0 Å². The van der Waals surface area contributed by atoms with Gasteiger partial charge in [0.1, 0.15) is 0 Å². The van der Waals surface area contributed by atoms with Crippen molar-refractivity contribution in [2.24, 2.45) is 0 Å². The number of rotatable bonds is 4. The smallest absolute Gasteiger partial charge is 0.0897 e. The van der Waals surface area contributed by atoms with Crippen molar-refractivity contribution in [3.8, 4) is 0 Å². The Morgan fingerprint density at radius 2 is 2.22 bits per heavy atom. The fraction of sp³-hybridized carbons (Fsp3) is 0.214. The number of fused-ring (bicyclic) bond motifs is 1. The fourth-order valence-electron chi connectivity index (χ4n) is 2.11. The van der Waals surface area contributed by atoms with Crippen LogP contribution in [-0.2, 0) is 13.1 Å². The summed E-state index contributed by atoms with van der Waals surface area (Å²) < 4.78 is 0. The molecular formula is C14H15N3S. The molecule has 4 heteroatoms. The molecule has 0 aliphatic heterocycles. The monoisotopic (exact) mass is 257 g/mol. The molecule has 0 spiro atoms. The summed E-state index contributed by atoms with van der Waals surface area (Å²) in [6.07, 6.45) is 3.94. The number of nitrogens with one attached hydrogen (secondary N) is 2. The summed E-state index contributed by atoms with van der Waals surface area (Å²) in [5.41, 5.74) is 2.53. The molecule has 3 nitrogen and oxygen atoms in total. The van der Waals surface area contributed by atoms with Gasteiger partial charge in [0.25, 0.3) is 0 Å². The van der Waals surface area contributed by atoms with Gasteiger partial charge in [-0.25, -0.2) is 4.98 Å². The van der Waals surface area contributed by atoms with E-state index in [2.05, 4.69) is 39.6 Å². The van der Waals surface area contributed by atoms with Crippen molar-refractivity contribution in [2.75, 3.05) is 0 Å². The van der Waals surface area contributed by atoms with Gasteiger partial charge in [0.2, 0.25) is 0 Å². The minimum Gasteiger partial charge on any atom is -0.361 e. The first-order valence-corrected chi connectivity index (χ1v) is 6.81. The summed E-state index contributed by atoms with van der Waals surface area (Å²) >= 11 is 1.75. The van der Waals surface area contributed by atoms with Gasteiger partial charge in [-0.05, 0) is 24.6 Å². The molecule has 3 rings (SSSR count). The first-order valence-electron chi connectivity index (χ1n) is 6.00. The summed E-state index contributed by atoms with van der Waals surface area (Å²) in [5, 5.41) is 5.89. The molecule has 0 atom stereocenters. The minimum atomic E-state index is 0.881. The Morgan fingerprint density at radius 3 is 3.06 bits per heavy atom. The number of nitrogens with zero attached hydrogens (tertiary/aromatic N) is 1. The van der Waals surface area contributed by atoms with Crippen LogP contribution in [0.1, 0.15) is 15.4 Å². The van der Waals surface area contributed by atoms with E-state index in [1.54, 1.807) is 11.3 Å². The lowest BCUT2D eigenvalue weighted by Crippen LogP contribution is -2.11. The van der Waals surface area contributed by atoms with Crippen molar-refractivity contribution in [2.45, 2.75) is 20.0 Å². The van der Waals surface area contributed by atoms with Crippen LogP contribution in [0, 0.1) is 6.92 Å². The first-order chi connectivity index (χ1) is 8.83. The van der Waals surface area contributed by atoms with Crippen molar-refractivity contribution in [1.82, 2.24) is 15.3 Å². The maximum absolute atomic E-state index is 4.26. The van der Waals surface area contributed by atoms with Crippen LogP contribution in [0.25, 0.3) is 10.9 Å². The number of aryl methyl sites for hydroxylation is 1. The quantitative estimate of drug-likeness (QED) is 0.753. The van der Waals surface area contributed by atoms with Crippen LogP contribution in [0.4, 0.5) is 0 Å². The standard InChI is InChI=1S/C14H15N3S/c1-10-17-9-12(18-10)8-15-7-11-3-2-4-14-13(11)5-6-16-14/h2-6,9,15-16H,7-8H2,1H3. The van der Waals surface area contributed by atoms with Crippen LogP contribution in [0.5, 0.6) is 0 Å². The number of hydrogen-bond donors (Lipinski definition) is 2. The van der Waals surface area contributed by atoms with Gasteiger partial charge < -0.3 is 10.3 Å². The van der Waals surface area contributed by atoms with Gasteiger partial charge in [-0.15, -0.1) is 11.3 Å². The molecule has 0 amide bonds. The lowest BCUT2D eigenvalue weighted by Gasteiger charge is -2.04. The second-order valence-corrected chi connectivity index (χ2v) is 5.62. The second-order valence-electron chi connectivity index (χ2n) is 4.31. The fourth-order valence-corrected chi connectivity index (χ4v) is 2.88. The van der Waals surface area contributed by atoms with Gasteiger partial charge in [-0.2, -0.15) is 0 Å². The molecule has 2 N–H and O–H groups in total. The number of H-pyrrole nitrogens is 1. The van der Waals surface area contributed by atoms with Crippen molar-refractivity contribution < 1.29 is 0 Å². The SMILES string of the molecule is Cc1ncc(CNCc2cccc3[nH]ccc23)s1. The van der Waals surface area contributed by atoms with Gasteiger partial charge in [0.15, 0.2) is 0 Å². The second kappa shape index (κ2) is 4.92. The first kappa shape index (κ1) is 11.4. The largest absolute Gasteiger partial charge is 0.361 e. The average Bonchev–Trinajstić information content (AvgIpc) is 2.98. The molecule has 0 unspecified atom stereocenters. The Bertz CT molecular complexity index is 654. The van der Waals surface area contributed by atoms with Crippen LogP contribution in [0.15, 0.2) is 36.7 Å². The van der Waals surface area contributed by atoms with E-state index in [9.17, 15) is 0 Å². The third kappa shape index (κ3) is 2.30. The maximum atomic E-state index is 4.26. The van der Waals surface area contributed by atoms with E-state index in [1.165, 1.54) is 21.3 Å². The summed E-state index contributed by atoms with van der Waals surface area (Å²) in [4.78, 5) is 8.78. The molecule has 0 aliphatic carbocycles. The molecule has 0 saturated heterocycles.